The van der Waals surface area contributed by atoms with Gasteiger partial charge in [0, 0.05) is 34.3 Å². The summed E-state index contributed by atoms with van der Waals surface area (Å²) in [6.07, 6.45) is 5.45. The van der Waals surface area contributed by atoms with Gasteiger partial charge in [-0.2, -0.15) is 0 Å². The summed E-state index contributed by atoms with van der Waals surface area (Å²) in [5.74, 6) is 0.685. The summed E-state index contributed by atoms with van der Waals surface area (Å²) in [5.41, 5.74) is 1.97. The zero-order valence-electron chi connectivity index (χ0n) is 23.4. The minimum Gasteiger partial charge on any atom is -0.494 e. The van der Waals surface area contributed by atoms with Crippen LogP contribution in [0.1, 0.15) is 45.4 Å². The first kappa shape index (κ1) is 28.2. The maximum Gasteiger partial charge on any atom is 0.310 e. The number of aromatic nitrogens is 1. The smallest absolute Gasteiger partial charge is 0.310 e. The molecule has 40 heavy (non-hydrogen) atoms. The number of piperazine rings is 1. The highest BCUT2D eigenvalue weighted by molar-refractivity contribution is 7.17. The molecule has 0 unspecified atom stereocenters. The fourth-order valence-electron chi connectivity index (χ4n) is 5.56. The van der Waals surface area contributed by atoms with E-state index in [2.05, 4.69) is 46.5 Å². The van der Waals surface area contributed by atoms with Gasteiger partial charge in [-0.15, -0.1) is 11.3 Å². The molecule has 3 heterocycles. The standard InChI is InChI=1S/C32H39N3O4S/c1-2-3-4-10-32(37)39-24-35(19-16-34(17-20-35)29-8-7-9-30-27(29)15-22-40-30)18-5-6-21-38-26-13-11-25-12-14-31(36)33-28(25)23-26/h7-9,11-15,22-23H,2-6,10,16-21,24H2,1H3/p+1. The molecular weight excluding hydrogens is 522 g/mol. The molecule has 5 rings (SSSR count). The molecular formula is C32H40N3O4S+. The molecule has 0 radical (unpaired) electrons. The Bertz CT molecular complexity index is 1470. The molecule has 0 spiro atoms. The fraction of sp³-hybridized carbons (Fsp3) is 0.438. The average molecular weight is 563 g/mol. The van der Waals surface area contributed by atoms with Crippen molar-refractivity contribution in [3.05, 3.63) is 70.3 Å². The second-order valence-corrected chi connectivity index (χ2v) is 11.8. The predicted octanol–water partition coefficient (Wildman–Crippen LogP) is 6.32. The van der Waals surface area contributed by atoms with Crippen LogP contribution in [0, 0.1) is 0 Å². The molecule has 1 fully saturated rings. The summed E-state index contributed by atoms with van der Waals surface area (Å²) < 4.78 is 14.0. The number of esters is 1. The van der Waals surface area contributed by atoms with Crippen molar-refractivity contribution in [3.8, 4) is 5.75 Å². The van der Waals surface area contributed by atoms with Crippen LogP contribution in [-0.4, -0.2) is 61.5 Å². The van der Waals surface area contributed by atoms with E-state index in [1.165, 1.54) is 21.8 Å². The summed E-state index contributed by atoms with van der Waals surface area (Å²) >= 11 is 1.78. The lowest BCUT2D eigenvalue weighted by atomic mass is 10.1. The Morgan fingerprint density at radius 3 is 2.73 bits per heavy atom. The molecule has 0 saturated carbocycles. The van der Waals surface area contributed by atoms with Crippen LogP contribution in [0.2, 0.25) is 0 Å². The van der Waals surface area contributed by atoms with E-state index < -0.39 is 0 Å². The Labute approximate surface area is 239 Å². The Morgan fingerprint density at radius 1 is 1.02 bits per heavy atom. The highest BCUT2D eigenvalue weighted by Gasteiger charge is 2.34. The number of pyridine rings is 1. The maximum absolute atomic E-state index is 12.5. The Morgan fingerprint density at radius 2 is 1.88 bits per heavy atom. The number of benzene rings is 2. The molecule has 212 valence electrons. The normalized spacial score (nSPS) is 15.0. The van der Waals surface area contributed by atoms with E-state index in [1.54, 1.807) is 11.3 Å². The van der Waals surface area contributed by atoms with Crippen molar-refractivity contribution in [2.45, 2.75) is 45.4 Å². The van der Waals surface area contributed by atoms with Crippen molar-refractivity contribution in [1.29, 1.82) is 0 Å². The maximum atomic E-state index is 12.5. The van der Waals surface area contributed by atoms with E-state index in [9.17, 15) is 9.59 Å². The zero-order valence-corrected chi connectivity index (χ0v) is 24.2. The van der Waals surface area contributed by atoms with Gasteiger partial charge < -0.3 is 19.4 Å². The van der Waals surface area contributed by atoms with Crippen molar-refractivity contribution < 1.29 is 18.8 Å². The molecule has 0 bridgehead atoms. The number of thiophene rings is 1. The number of carbonyl (C=O) groups is 1. The molecule has 0 atom stereocenters. The largest absolute Gasteiger partial charge is 0.494 e. The van der Waals surface area contributed by atoms with Gasteiger partial charge in [-0.25, -0.2) is 0 Å². The van der Waals surface area contributed by atoms with E-state index >= 15 is 0 Å². The molecule has 0 aliphatic carbocycles. The van der Waals surface area contributed by atoms with Gasteiger partial charge in [0.1, 0.15) is 5.75 Å². The number of H-pyrrole nitrogens is 1. The van der Waals surface area contributed by atoms with Gasteiger partial charge in [0.25, 0.3) is 0 Å². The highest BCUT2D eigenvalue weighted by Crippen LogP contribution is 2.32. The number of aromatic amines is 1. The highest BCUT2D eigenvalue weighted by atomic mass is 32.1. The van der Waals surface area contributed by atoms with Gasteiger partial charge in [0.2, 0.25) is 12.3 Å². The number of hydrogen-bond donors (Lipinski definition) is 1. The van der Waals surface area contributed by atoms with E-state index in [0.717, 1.165) is 86.0 Å². The number of ether oxygens (including phenoxy) is 2. The number of carbonyl (C=O) groups excluding carboxylic acids is 1. The quantitative estimate of drug-likeness (QED) is 0.117. The SMILES string of the molecule is CCCCCC(=O)OC[N+]1(CCCCOc2ccc3ccc(=O)[nH]c3c2)CCN(c2cccc3sccc23)CC1. The van der Waals surface area contributed by atoms with Crippen LogP contribution < -0.4 is 15.2 Å². The third-order valence-corrected chi connectivity index (χ3v) is 8.86. The predicted molar refractivity (Wildman–Crippen MR) is 163 cm³/mol. The fourth-order valence-corrected chi connectivity index (χ4v) is 6.37. The van der Waals surface area contributed by atoms with Crippen LogP contribution in [0.5, 0.6) is 5.75 Å². The Hall–Kier alpha value is -3.36. The Kier molecular flexibility index (Phi) is 9.39. The van der Waals surface area contributed by atoms with Gasteiger partial charge in [-0.05, 0) is 66.4 Å². The third kappa shape index (κ3) is 7.04. The minimum absolute atomic E-state index is 0.0749. The van der Waals surface area contributed by atoms with E-state index in [-0.39, 0.29) is 11.5 Å². The number of quaternary nitrogens is 1. The number of nitrogens with zero attached hydrogens (tertiary/aromatic N) is 2. The van der Waals surface area contributed by atoms with Crippen LogP contribution in [-0.2, 0) is 9.53 Å². The molecule has 2 aromatic carbocycles. The first-order valence-electron chi connectivity index (χ1n) is 14.5. The average Bonchev–Trinajstić information content (AvgIpc) is 3.46. The number of anilines is 1. The summed E-state index contributed by atoms with van der Waals surface area (Å²) in [6, 6.07) is 17.9. The molecule has 1 saturated heterocycles. The van der Waals surface area contributed by atoms with Crippen molar-refractivity contribution in [3.63, 3.8) is 0 Å². The molecule has 8 heteroatoms. The topological polar surface area (TPSA) is 71.6 Å². The van der Waals surface area contributed by atoms with Gasteiger partial charge in [-0.1, -0.05) is 25.8 Å². The van der Waals surface area contributed by atoms with Crippen LogP contribution in [0.15, 0.2) is 64.8 Å². The zero-order chi connectivity index (χ0) is 27.8. The third-order valence-electron chi connectivity index (χ3n) is 7.98. The van der Waals surface area contributed by atoms with Crippen molar-refractivity contribution in [2.24, 2.45) is 0 Å². The molecule has 2 aromatic heterocycles. The number of fused-ring (bicyclic) bond motifs is 2. The van der Waals surface area contributed by atoms with Gasteiger partial charge in [0.15, 0.2) is 0 Å². The van der Waals surface area contributed by atoms with Crippen LogP contribution in [0.3, 0.4) is 0 Å². The molecule has 1 aliphatic heterocycles. The van der Waals surface area contributed by atoms with Crippen LogP contribution in [0.25, 0.3) is 21.0 Å². The number of nitrogens with one attached hydrogen (secondary N) is 1. The Balaban J connectivity index is 1.17. The van der Waals surface area contributed by atoms with Gasteiger partial charge in [-0.3, -0.25) is 14.1 Å². The number of hydrogen-bond acceptors (Lipinski definition) is 6. The monoisotopic (exact) mass is 562 g/mol. The molecule has 1 aliphatic rings. The van der Waals surface area contributed by atoms with Crippen molar-refractivity contribution >= 4 is 44.0 Å². The van der Waals surface area contributed by atoms with Gasteiger partial charge in [0.05, 0.1) is 44.8 Å². The molecule has 7 nitrogen and oxygen atoms in total. The molecule has 0 amide bonds. The number of rotatable bonds is 13. The van der Waals surface area contributed by atoms with Crippen molar-refractivity contribution in [2.75, 3.05) is 51.0 Å². The summed E-state index contributed by atoms with van der Waals surface area (Å²) in [7, 11) is 0. The van der Waals surface area contributed by atoms with Crippen LogP contribution >= 0.6 is 11.3 Å². The lowest BCUT2D eigenvalue weighted by Crippen LogP contribution is -2.61. The second-order valence-electron chi connectivity index (χ2n) is 10.8. The van der Waals surface area contributed by atoms with Crippen molar-refractivity contribution in [1.82, 2.24) is 4.98 Å². The van der Waals surface area contributed by atoms with Crippen LogP contribution in [0.4, 0.5) is 5.69 Å². The minimum atomic E-state index is -0.114. The summed E-state index contributed by atoms with van der Waals surface area (Å²) in [6.45, 7) is 7.91. The lowest BCUT2D eigenvalue weighted by Gasteiger charge is -2.45. The first-order valence-corrected chi connectivity index (χ1v) is 15.4. The first-order chi connectivity index (χ1) is 19.5. The van der Waals surface area contributed by atoms with E-state index in [1.807, 2.05) is 24.3 Å². The van der Waals surface area contributed by atoms with Gasteiger partial charge >= 0.3 is 5.97 Å². The molecule has 1 N–H and O–H groups in total. The van der Waals surface area contributed by atoms with E-state index in [0.29, 0.717) is 19.8 Å². The second kappa shape index (κ2) is 13.3. The molecule has 4 aromatic rings. The lowest BCUT2D eigenvalue weighted by molar-refractivity contribution is -0.944. The summed E-state index contributed by atoms with van der Waals surface area (Å²) in [4.78, 5) is 29.5. The van der Waals surface area contributed by atoms with E-state index in [4.69, 9.17) is 9.47 Å². The summed E-state index contributed by atoms with van der Waals surface area (Å²) in [5, 5.41) is 4.47. The number of unbranched alkanes of at least 4 members (excludes halogenated alkanes) is 3.